The van der Waals surface area contributed by atoms with E-state index in [2.05, 4.69) is 0 Å². The van der Waals surface area contributed by atoms with Gasteiger partial charge in [0.05, 0.1) is 0 Å². The van der Waals surface area contributed by atoms with Gasteiger partial charge in [-0.25, -0.2) is 0 Å². The van der Waals surface area contributed by atoms with Gasteiger partial charge in [0.25, 0.3) is 0 Å². The SMILES string of the molecule is [2H]C([2H])(C(=O)O)C([2H])([2H])C([2H])([2H])C([2H])([2H])C([2H])([2H])C([2H])([2H])C(=O)O. The Morgan fingerprint density at radius 3 is 1.50 bits per heavy atom. The normalized spacial score (nSPS) is 31.7. The van der Waals surface area contributed by atoms with Crippen molar-refractivity contribution in [2.45, 2.75) is 38.2 Å². The molecule has 0 aromatic heterocycles. The average Bonchev–Trinajstić information content (AvgIpc) is 2.36. The van der Waals surface area contributed by atoms with Gasteiger partial charge >= 0.3 is 11.9 Å². The second-order valence-corrected chi connectivity index (χ2v) is 1.36. The second kappa shape index (κ2) is 6.64. The number of aliphatic carboxylic acids is 2. The van der Waals surface area contributed by atoms with E-state index in [1.807, 2.05) is 0 Å². The monoisotopic (exact) mass is 186 g/mol. The Balaban J connectivity index is 6.48. The molecule has 0 atom stereocenters. The van der Waals surface area contributed by atoms with Crippen LogP contribution >= 0.6 is 0 Å². The third-order valence-electron chi connectivity index (χ3n) is 0.526. The number of carboxylic acids is 2. The molecule has 12 heavy (non-hydrogen) atoms. The summed E-state index contributed by atoms with van der Waals surface area (Å²) in [5, 5.41) is 17.4. The summed E-state index contributed by atoms with van der Waals surface area (Å²) in [4.78, 5) is 21.7. The van der Waals surface area contributed by atoms with Gasteiger partial charge in [-0.3, -0.25) is 9.59 Å². The zero-order chi connectivity index (χ0) is 20.2. The molecule has 0 unspecified atom stereocenters. The standard InChI is InChI=1S/C8H14O4/c9-7(10)5-3-1-2-4-6-8(11)12/h1-6H2,(H,9,10)(H,11,12)/i1D2,2D2,3D2,4D2,5D2,6D2. The van der Waals surface area contributed by atoms with Gasteiger partial charge in [0.1, 0.15) is 0 Å². The molecule has 0 heterocycles. The number of carbonyl (C=O) groups is 2. The van der Waals surface area contributed by atoms with Gasteiger partial charge in [-0.05, 0) is 12.7 Å². The first-order valence-electron chi connectivity index (χ1n) is 8.61. The highest BCUT2D eigenvalue weighted by Gasteiger charge is 1.98. The van der Waals surface area contributed by atoms with Crippen molar-refractivity contribution in [3.63, 3.8) is 0 Å². The largest absolute Gasteiger partial charge is 0.481 e. The molecular weight excluding hydrogens is 160 g/mol. The lowest BCUT2D eigenvalue weighted by Gasteiger charge is -1.96. The molecule has 0 aliphatic heterocycles. The van der Waals surface area contributed by atoms with E-state index in [1.54, 1.807) is 0 Å². The molecule has 0 saturated heterocycles. The smallest absolute Gasteiger partial charge is 0.303 e. The first kappa shape index (κ1) is 2.25. The number of hydrogen-bond acceptors (Lipinski definition) is 2. The van der Waals surface area contributed by atoms with E-state index in [-0.39, 0.29) is 0 Å². The summed E-state index contributed by atoms with van der Waals surface area (Å²) in [5.41, 5.74) is 0. The molecule has 0 bridgehead atoms. The lowest BCUT2D eigenvalue weighted by Crippen LogP contribution is -1.95. The lowest BCUT2D eigenvalue weighted by molar-refractivity contribution is -0.138. The van der Waals surface area contributed by atoms with Gasteiger partial charge in [0, 0.05) is 29.2 Å². The third kappa shape index (κ3) is 8.94. The molecule has 70 valence electrons. The zero-order valence-corrected chi connectivity index (χ0v) is 5.71. The minimum Gasteiger partial charge on any atom is -0.481 e. The average molecular weight is 186 g/mol. The van der Waals surface area contributed by atoms with E-state index >= 15 is 0 Å². The van der Waals surface area contributed by atoms with Gasteiger partial charge in [0.2, 0.25) is 0 Å². The summed E-state index contributed by atoms with van der Waals surface area (Å²) < 4.78 is 87.8. The predicted molar refractivity (Wildman–Crippen MR) is 43.0 cm³/mol. The van der Waals surface area contributed by atoms with Crippen LogP contribution in [0, 0.1) is 0 Å². The zero-order valence-electron chi connectivity index (χ0n) is 17.7. The van der Waals surface area contributed by atoms with E-state index in [4.69, 9.17) is 26.7 Å². The number of rotatable bonds is 7. The van der Waals surface area contributed by atoms with Crippen LogP contribution < -0.4 is 0 Å². The van der Waals surface area contributed by atoms with Crippen LogP contribution in [0.2, 0.25) is 0 Å². The van der Waals surface area contributed by atoms with Crippen LogP contribution in [-0.2, 0) is 9.59 Å². The Morgan fingerprint density at radius 1 is 0.917 bits per heavy atom. The van der Waals surface area contributed by atoms with Crippen LogP contribution in [0.4, 0.5) is 0 Å². The van der Waals surface area contributed by atoms with Crippen LogP contribution in [0.1, 0.15) is 54.7 Å². The Hall–Kier alpha value is -1.06. The topological polar surface area (TPSA) is 74.6 Å². The first-order chi connectivity index (χ1) is 10.1. The van der Waals surface area contributed by atoms with E-state index < -0.39 is 50.2 Å². The van der Waals surface area contributed by atoms with E-state index in [0.717, 1.165) is 0 Å². The highest BCUT2D eigenvalue weighted by Crippen LogP contribution is 2.04. The van der Waals surface area contributed by atoms with Crippen molar-refractivity contribution < 1.29 is 36.3 Å². The van der Waals surface area contributed by atoms with Gasteiger partial charge in [-0.2, -0.15) is 0 Å². The second-order valence-electron chi connectivity index (χ2n) is 1.36. The van der Waals surface area contributed by atoms with Crippen molar-refractivity contribution in [2.75, 3.05) is 0 Å². The van der Waals surface area contributed by atoms with Crippen molar-refractivity contribution in [1.29, 1.82) is 0 Å². The van der Waals surface area contributed by atoms with Gasteiger partial charge in [0.15, 0.2) is 0 Å². The number of carboxylic acid groups (broad SMARTS) is 2. The van der Waals surface area contributed by atoms with Crippen molar-refractivity contribution in [2.24, 2.45) is 0 Å². The maximum absolute atomic E-state index is 10.8. The lowest BCUT2D eigenvalue weighted by atomic mass is 10.1. The summed E-state index contributed by atoms with van der Waals surface area (Å²) in [6.07, 6.45) is -25.0. The van der Waals surface area contributed by atoms with Gasteiger partial charge < -0.3 is 10.2 Å². The molecule has 2 N–H and O–H groups in total. The molecule has 0 aliphatic rings. The van der Waals surface area contributed by atoms with Crippen molar-refractivity contribution in [1.82, 2.24) is 0 Å². The Labute approximate surface area is 88.1 Å². The molecule has 0 rings (SSSR count). The fourth-order valence-electron chi connectivity index (χ4n) is 0.232. The quantitative estimate of drug-likeness (QED) is 0.631. The van der Waals surface area contributed by atoms with Crippen LogP contribution in [0.15, 0.2) is 0 Å². The van der Waals surface area contributed by atoms with Crippen LogP contribution in [-0.4, -0.2) is 22.2 Å². The van der Waals surface area contributed by atoms with Crippen LogP contribution in [0.3, 0.4) is 0 Å². The summed E-state index contributed by atoms with van der Waals surface area (Å²) in [7, 11) is 0. The van der Waals surface area contributed by atoms with Crippen molar-refractivity contribution >= 4 is 11.9 Å². The summed E-state index contributed by atoms with van der Waals surface area (Å²) >= 11 is 0. The summed E-state index contributed by atoms with van der Waals surface area (Å²) in [5.74, 6) is -5.01. The van der Waals surface area contributed by atoms with Crippen molar-refractivity contribution in [3.05, 3.63) is 0 Å². The molecule has 0 aromatic carbocycles. The molecule has 0 spiro atoms. The molecule has 4 nitrogen and oxygen atoms in total. The minimum absolute atomic E-state index is 2.51. The Kier molecular flexibility index (Phi) is 1.24. The molecule has 0 amide bonds. The van der Waals surface area contributed by atoms with E-state index in [9.17, 15) is 9.59 Å². The maximum Gasteiger partial charge on any atom is 0.303 e. The minimum atomic E-state index is -4.28. The molecular formula is C8H14O4. The predicted octanol–water partition coefficient (Wildman–Crippen LogP) is 1.50. The van der Waals surface area contributed by atoms with Crippen LogP contribution in [0.5, 0.6) is 0 Å². The summed E-state index contributed by atoms with van der Waals surface area (Å²) in [6.45, 7) is 0. The van der Waals surface area contributed by atoms with Gasteiger partial charge in [-0.15, -0.1) is 0 Å². The third-order valence-corrected chi connectivity index (χ3v) is 0.526. The van der Waals surface area contributed by atoms with Crippen LogP contribution in [0.25, 0.3) is 0 Å². The molecule has 0 saturated carbocycles. The van der Waals surface area contributed by atoms with E-state index in [1.165, 1.54) is 0 Å². The highest BCUT2D eigenvalue weighted by molar-refractivity contribution is 5.66. The van der Waals surface area contributed by atoms with E-state index in [0.29, 0.717) is 0 Å². The number of hydrogen-bond donors (Lipinski definition) is 2. The first-order valence-corrected chi connectivity index (χ1v) is 2.61. The fraction of sp³-hybridized carbons (Fsp3) is 0.750. The molecule has 0 radical (unpaired) electrons. The van der Waals surface area contributed by atoms with Gasteiger partial charge in [-0.1, -0.05) is 12.7 Å². The molecule has 0 fully saturated rings. The fourth-order valence-corrected chi connectivity index (χ4v) is 0.232. The molecule has 0 aromatic rings. The Morgan fingerprint density at radius 2 is 1.25 bits per heavy atom. The Bertz CT molecular complexity index is 491. The molecule has 4 heteroatoms. The maximum atomic E-state index is 10.8. The highest BCUT2D eigenvalue weighted by atomic mass is 16.4. The molecule has 0 aliphatic carbocycles. The van der Waals surface area contributed by atoms with Crippen molar-refractivity contribution in [3.8, 4) is 0 Å². The summed E-state index contributed by atoms with van der Waals surface area (Å²) in [6, 6.07) is 0.